The lowest BCUT2D eigenvalue weighted by Crippen LogP contribution is -2.27. The largest absolute Gasteiger partial charge is 0.345 e. The fourth-order valence-electron chi connectivity index (χ4n) is 1.32. The van der Waals surface area contributed by atoms with Gasteiger partial charge in [0.1, 0.15) is 13.1 Å². The molecule has 2 N–H and O–H groups in total. The van der Waals surface area contributed by atoms with Crippen LogP contribution >= 0.6 is 0 Å². The van der Waals surface area contributed by atoms with Gasteiger partial charge in [-0.25, -0.2) is 0 Å². The van der Waals surface area contributed by atoms with Crippen molar-refractivity contribution in [1.29, 1.82) is 5.26 Å². The maximum atomic E-state index is 11.3. The Morgan fingerprint density at radius 1 is 1.62 bits per heavy atom. The van der Waals surface area contributed by atoms with Gasteiger partial charge in [-0.05, 0) is 18.2 Å². The van der Waals surface area contributed by atoms with Crippen LogP contribution in [-0.4, -0.2) is 23.6 Å². The summed E-state index contributed by atoms with van der Waals surface area (Å²) in [7, 11) is 0. The van der Waals surface area contributed by atoms with E-state index in [0.717, 1.165) is 18.7 Å². The average molecular weight is 220 g/mol. The van der Waals surface area contributed by atoms with Gasteiger partial charge in [0, 0.05) is 18.9 Å². The first-order valence-electron chi connectivity index (χ1n) is 5.25. The number of hydrogen-bond acceptors (Lipinski definition) is 3. The molecule has 0 spiro atoms. The lowest BCUT2D eigenvalue weighted by Gasteiger charge is -2.02. The molecule has 0 aliphatic heterocycles. The van der Waals surface area contributed by atoms with Crippen LogP contribution in [0.1, 0.15) is 12.5 Å². The van der Waals surface area contributed by atoms with E-state index in [4.69, 9.17) is 5.26 Å². The summed E-state index contributed by atoms with van der Waals surface area (Å²) >= 11 is 0. The van der Waals surface area contributed by atoms with E-state index >= 15 is 0 Å². The molecule has 5 heteroatoms. The molecule has 0 aliphatic carbocycles. The number of rotatable bonds is 6. The predicted octanol–water partition coefficient (Wildman–Crippen LogP) is 0.237. The zero-order valence-electron chi connectivity index (χ0n) is 9.36. The minimum Gasteiger partial charge on any atom is -0.345 e. The Bertz CT molecular complexity index is 378. The lowest BCUT2D eigenvalue weighted by molar-refractivity contribution is -0.121. The first-order chi connectivity index (χ1) is 7.76. The van der Waals surface area contributed by atoms with E-state index in [9.17, 15) is 4.79 Å². The van der Waals surface area contributed by atoms with Gasteiger partial charge in [0.25, 0.3) is 0 Å². The Kier molecular flexibility index (Phi) is 5.09. The van der Waals surface area contributed by atoms with E-state index in [0.29, 0.717) is 0 Å². The molecular weight excluding hydrogens is 204 g/mol. The van der Waals surface area contributed by atoms with Crippen molar-refractivity contribution in [1.82, 2.24) is 15.2 Å². The molecule has 0 aliphatic rings. The maximum Gasteiger partial charge on any atom is 0.240 e. The summed E-state index contributed by atoms with van der Waals surface area (Å²) in [4.78, 5) is 11.3. The van der Waals surface area contributed by atoms with Crippen molar-refractivity contribution < 1.29 is 4.79 Å². The van der Waals surface area contributed by atoms with Crippen LogP contribution in [0.2, 0.25) is 0 Å². The first kappa shape index (κ1) is 12.3. The molecule has 86 valence electrons. The van der Waals surface area contributed by atoms with Crippen LogP contribution in [0.15, 0.2) is 18.5 Å². The van der Waals surface area contributed by atoms with Gasteiger partial charge in [0.15, 0.2) is 0 Å². The van der Waals surface area contributed by atoms with Crippen LogP contribution in [0.25, 0.3) is 0 Å². The quantitative estimate of drug-likeness (QED) is 0.675. The topological polar surface area (TPSA) is 69.8 Å². The fraction of sp³-hybridized carbons (Fsp3) is 0.455. The van der Waals surface area contributed by atoms with Crippen molar-refractivity contribution in [2.24, 2.45) is 0 Å². The van der Waals surface area contributed by atoms with Gasteiger partial charge in [-0.15, -0.1) is 0 Å². The zero-order valence-corrected chi connectivity index (χ0v) is 9.36. The van der Waals surface area contributed by atoms with Gasteiger partial charge in [-0.2, -0.15) is 5.26 Å². The molecule has 1 aromatic heterocycles. The van der Waals surface area contributed by atoms with Gasteiger partial charge in [-0.3, -0.25) is 4.79 Å². The Hall–Kier alpha value is -1.80. The number of amides is 1. The lowest BCUT2D eigenvalue weighted by atomic mass is 10.3. The van der Waals surface area contributed by atoms with Gasteiger partial charge < -0.3 is 15.2 Å². The van der Waals surface area contributed by atoms with E-state index < -0.39 is 0 Å². The summed E-state index contributed by atoms with van der Waals surface area (Å²) in [6, 6.07) is 3.84. The van der Waals surface area contributed by atoms with Crippen molar-refractivity contribution >= 4 is 5.91 Å². The Morgan fingerprint density at radius 3 is 3.12 bits per heavy atom. The van der Waals surface area contributed by atoms with Crippen molar-refractivity contribution in [3.8, 4) is 6.07 Å². The summed E-state index contributed by atoms with van der Waals surface area (Å²) in [6.45, 7) is 4.10. The van der Waals surface area contributed by atoms with Crippen LogP contribution in [0.4, 0.5) is 0 Å². The number of nitrogens with one attached hydrogen (secondary N) is 2. The van der Waals surface area contributed by atoms with Gasteiger partial charge >= 0.3 is 0 Å². The summed E-state index contributed by atoms with van der Waals surface area (Å²) in [5.74, 6) is -0.146. The van der Waals surface area contributed by atoms with Gasteiger partial charge in [-0.1, -0.05) is 6.92 Å². The molecule has 1 rings (SSSR count). The summed E-state index contributed by atoms with van der Waals surface area (Å²) in [6.07, 6.45) is 3.78. The molecular formula is C11H16N4O. The second kappa shape index (κ2) is 6.64. The summed E-state index contributed by atoms with van der Waals surface area (Å²) < 4.78 is 1.80. The number of hydrogen-bond donors (Lipinski definition) is 2. The molecule has 0 atom stereocenters. The highest BCUT2D eigenvalue weighted by Gasteiger charge is 2.02. The fourth-order valence-corrected chi connectivity index (χ4v) is 1.32. The van der Waals surface area contributed by atoms with E-state index in [1.807, 2.05) is 31.5 Å². The Labute approximate surface area is 95.1 Å². The van der Waals surface area contributed by atoms with Crippen molar-refractivity contribution in [3.05, 3.63) is 24.0 Å². The average Bonchev–Trinajstić information content (AvgIpc) is 2.71. The van der Waals surface area contributed by atoms with E-state index in [2.05, 4.69) is 10.6 Å². The van der Waals surface area contributed by atoms with Crippen LogP contribution in [0.3, 0.4) is 0 Å². The first-order valence-corrected chi connectivity index (χ1v) is 5.25. The number of carbonyl (C=O) groups is 1. The SMILES string of the molecule is CCNCc1ccn(CC(=O)NCC#N)c1. The van der Waals surface area contributed by atoms with E-state index in [1.54, 1.807) is 4.57 Å². The van der Waals surface area contributed by atoms with Crippen LogP contribution < -0.4 is 10.6 Å². The number of nitriles is 1. The van der Waals surface area contributed by atoms with Gasteiger partial charge in [0.05, 0.1) is 6.07 Å². The van der Waals surface area contributed by atoms with Crippen LogP contribution in [0, 0.1) is 11.3 Å². The summed E-state index contributed by atoms with van der Waals surface area (Å²) in [5.41, 5.74) is 1.15. The zero-order chi connectivity index (χ0) is 11.8. The molecule has 1 amide bonds. The number of aromatic nitrogens is 1. The third-order valence-electron chi connectivity index (χ3n) is 2.08. The molecule has 0 saturated carbocycles. The number of nitrogens with zero attached hydrogens (tertiary/aromatic N) is 2. The maximum absolute atomic E-state index is 11.3. The molecule has 5 nitrogen and oxygen atoms in total. The molecule has 1 aromatic rings. The van der Waals surface area contributed by atoms with E-state index in [1.165, 1.54) is 0 Å². The van der Waals surface area contributed by atoms with Gasteiger partial charge in [0.2, 0.25) is 5.91 Å². The third kappa shape index (κ3) is 4.15. The molecule has 0 bridgehead atoms. The summed E-state index contributed by atoms with van der Waals surface area (Å²) in [5, 5.41) is 14.0. The third-order valence-corrected chi connectivity index (χ3v) is 2.08. The van der Waals surface area contributed by atoms with Crippen LogP contribution in [0.5, 0.6) is 0 Å². The normalized spacial score (nSPS) is 9.75. The highest BCUT2D eigenvalue weighted by molar-refractivity contribution is 5.75. The molecule has 16 heavy (non-hydrogen) atoms. The molecule has 0 aromatic carbocycles. The highest BCUT2D eigenvalue weighted by Crippen LogP contribution is 2.00. The van der Waals surface area contributed by atoms with Crippen molar-refractivity contribution in [2.45, 2.75) is 20.0 Å². The Morgan fingerprint density at radius 2 is 2.44 bits per heavy atom. The van der Waals surface area contributed by atoms with Crippen molar-refractivity contribution in [2.75, 3.05) is 13.1 Å². The van der Waals surface area contributed by atoms with Crippen LogP contribution in [-0.2, 0) is 17.9 Å². The molecule has 0 radical (unpaired) electrons. The standard InChI is InChI=1S/C11H16N4O/c1-2-13-7-10-3-6-15(8-10)9-11(16)14-5-4-12/h3,6,8,13H,2,5,7,9H2,1H3,(H,14,16). The Balaban J connectivity index is 2.39. The minimum absolute atomic E-state index is 0.0599. The molecule has 0 fully saturated rings. The minimum atomic E-state index is -0.146. The number of carbonyl (C=O) groups excluding carboxylic acids is 1. The second-order valence-corrected chi connectivity index (χ2v) is 3.41. The highest BCUT2D eigenvalue weighted by atomic mass is 16.1. The van der Waals surface area contributed by atoms with Crippen molar-refractivity contribution in [3.63, 3.8) is 0 Å². The smallest absolute Gasteiger partial charge is 0.240 e. The molecule has 0 saturated heterocycles. The predicted molar refractivity (Wildman–Crippen MR) is 60.4 cm³/mol. The second-order valence-electron chi connectivity index (χ2n) is 3.41. The monoisotopic (exact) mass is 220 g/mol. The molecule has 0 unspecified atom stereocenters. The van der Waals surface area contributed by atoms with E-state index in [-0.39, 0.29) is 19.0 Å². The molecule has 1 heterocycles.